The first-order valence-electron chi connectivity index (χ1n) is 7.33. The van der Waals surface area contributed by atoms with E-state index in [1.165, 1.54) is 38.8 Å². The minimum Gasteiger partial charge on any atom is -0.300 e. The molecule has 1 saturated heterocycles. The highest BCUT2D eigenvalue weighted by Gasteiger charge is 2.28. The van der Waals surface area contributed by atoms with Crippen LogP contribution in [0.3, 0.4) is 0 Å². The van der Waals surface area contributed by atoms with E-state index in [0.717, 1.165) is 24.4 Å². The molecule has 1 aromatic rings. The van der Waals surface area contributed by atoms with E-state index in [2.05, 4.69) is 4.90 Å². The van der Waals surface area contributed by atoms with Crippen molar-refractivity contribution in [3.05, 3.63) is 35.6 Å². The SMILES string of the molecule is Fc1ccccc1C1CCC(N2CCCC2)CC1. The highest BCUT2D eigenvalue weighted by atomic mass is 19.1. The Kier molecular flexibility index (Phi) is 3.64. The molecule has 1 nitrogen and oxygen atoms in total. The van der Waals surface area contributed by atoms with Crippen molar-refractivity contribution in [3.63, 3.8) is 0 Å². The molecule has 0 atom stereocenters. The van der Waals surface area contributed by atoms with Crippen molar-refractivity contribution in [2.45, 2.75) is 50.5 Å². The Labute approximate surface area is 109 Å². The molecule has 1 aliphatic heterocycles. The maximum Gasteiger partial charge on any atom is 0.126 e. The predicted molar refractivity (Wildman–Crippen MR) is 72.2 cm³/mol. The fraction of sp³-hybridized carbons (Fsp3) is 0.625. The molecule has 18 heavy (non-hydrogen) atoms. The third kappa shape index (κ3) is 2.44. The van der Waals surface area contributed by atoms with Gasteiger partial charge in [0.25, 0.3) is 0 Å². The Morgan fingerprint density at radius 1 is 0.944 bits per heavy atom. The van der Waals surface area contributed by atoms with Crippen LogP contribution in [0.5, 0.6) is 0 Å². The first-order valence-corrected chi connectivity index (χ1v) is 7.33. The second-order valence-corrected chi connectivity index (χ2v) is 5.77. The van der Waals surface area contributed by atoms with Crippen molar-refractivity contribution in [2.75, 3.05) is 13.1 Å². The number of rotatable bonds is 2. The molecule has 98 valence electrons. The molecule has 0 unspecified atom stereocenters. The van der Waals surface area contributed by atoms with Gasteiger partial charge in [-0.25, -0.2) is 4.39 Å². The Morgan fingerprint density at radius 3 is 2.28 bits per heavy atom. The lowest BCUT2D eigenvalue weighted by Crippen LogP contribution is -2.35. The van der Waals surface area contributed by atoms with Gasteiger partial charge in [-0.15, -0.1) is 0 Å². The molecular formula is C16H22FN. The molecular weight excluding hydrogens is 225 g/mol. The van der Waals surface area contributed by atoms with Crippen LogP contribution < -0.4 is 0 Å². The van der Waals surface area contributed by atoms with Crippen LogP contribution in [0.15, 0.2) is 24.3 Å². The Hall–Kier alpha value is -0.890. The molecule has 1 aliphatic carbocycles. The van der Waals surface area contributed by atoms with E-state index in [4.69, 9.17) is 0 Å². The summed E-state index contributed by atoms with van der Waals surface area (Å²) in [6.45, 7) is 2.57. The van der Waals surface area contributed by atoms with Crippen molar-refractivity contribution in [3.8, 4) is 0 Å². The summed E-state index contributed by atoms with van der Waals surface area (Å²) in [4.78, 5) is 2.65. The largest absolute Gasteiger partial charge is 0.300 e. The van der Waals surface area contributed by atoms with E-state index in [0.29, 0.717) is 5.92 Å². The quantitative estimate of drug-likeness (QED) is 0.765. The van der Waals surface area contributed by atoms with Gasteiger partial charge in [-0.05, 0) is 69.2 Å². The molecule has 2 fully saturated rings. The highest BCUT2D eigenvalue weighted by Crippen LogP contribution is 2.36. The van der Waals surface area contributed by atoms with Crippen LogP contribution in [0.4, 0.5) is 4.39 Å². The first kappa shape index (κ1) is 12.2. The predicted octanol–water partition coefficient (Wildman–Crippen LogP) is 3.95. The van der Waals surface area contributed by atoms with Crippen LogP contribution in [0.2, 0.25) is 0 Å². The minimum absolute atomic E-state index is 0.0119. The number of halogens is 1. The van der Waals surface area contributed by atoms with E-state index < -0.39 is 0 Å². The third-order valence-electron chi connectivity index (χ3n) is 4.70. The van der Waals surface area contributed by atoms with Gasteiger partial charge in [-0.1, -0.05) is 18.2 Å². The molecule has 1 saturated carbocycles. The zero-order valence-corrected chi connectivity index (χ0v) is 10.9. The van der Waals surface area contributed by atoms with Gasteiger partial charge < -0.3 is 4.90 Å². The van der Waals surface area contributed by atoms with Crippen LogP contribution in [-0.2, 0) is 0 Å². The van der Waals surface area contributed by atoms with Gasteiger partial charge in [0.1, 0.15) is 5.82 Å². The second-order valence-electron chi connectivity index (χ2n) is 5.77. The van der Waals surface area contributed by atoms with Crippen molar-refractivity contribution in [1.82, 2.24) is 4.90 Å². The van der Waals surface area contributed by atoms with Crippen molar-refractivity contribution >= 4 is 0 Å². The summed E-state index contributed by atoms with van der Waals surface area (Å²) in [5, 5.41) is 0. The summed E-state index contributed by atoms with van der Waals surface area (Å²) >= 11 is 0. The Morgan fingerprint density at radius 2 is 1.61 bits per heavy atom. The van der Waals surface area contributed by atoms with Crippen LogP contribution in [0, 0.1) is 5.82 Å². The van der Waals surface area contributed by atoms with E-state index in [9.17, 15) is 4.39 Å². The fourth-order valence-electron chi connectivity index (χ4n) is 3.66. The lowest BCUT2D eigenvalue weighted by atomic mass is 9.81. The summed E-state index contributed by atoms with van der Waals surface area (Å²) in [5.41, 5.74) is 0.942. The lowest BCUT2D eigenvalue weighted by Gasteiger charge is -2.34. The molecule has 0 N–H and O–H groups in total. The molecule has 1 heterocycles. The standard InChI is InChI=1S/C16H22FN/c17-16-6-2-1-5-15(16)13-7-9-14(10-8-13)18-11-3-4-12-18/h1-2,5-6,13-14H,3-4,7-12H2. The normalized spacial score (nSPS) is 29.6. The molecule has 0 aromatic heterocycles. The van der Waals surface area contributed by atoms with Crippen LogP contribution >= 0.6 is 0 Å². The van der Waals surface area contributed by atoms with Gasteiger partial charge in [0.15, 0.2) is 0 Å². The smallest absolute Gasteiger partial charge is 0.126 e. The average molecular weight is 247 g/mol. The second kappa shape index (κ2) is 5.40. The zero-order chi connectivity index (χ0) is 12.4. The number of nitrogens with zero attached hydrogens (tertiary/aromatic N) is 1. The zero-order valence-electron chi connectivity index (χ0n) is 10.9. The average Bonchev–Trinajstić information content (AvgIpc) is 2.94. The minimum atomic E-state index is -0.0119. The van der Waals surface area contributed by atoms with Gasteiger partial charge in [0, 0.05) is 6.04 Å². The first-order chi connectivity index (χ1) is 8.84. The van der Waals surface area contributed by atoms with E-state index in [1.54, 1.807) is 12.1 Å². The van der Waals surface area contributed by atoms with Gasteiger partial charge in [0.05, 0.1) is 0 Å². The van der Waals surface area contributed by atoms with Gasteiger partial charge in [-0.2, -0.15) is 0 Å². The van der Waals surface area contributed by atoms with Crippen molar-refractivity contribution in [1.29, 1.82) is 0 Å². The van der Waals surface area contributed by atoms with Gasteiger partial charge in [0.2, 0.25) is 0 Å². The Balaban J connectivity index is 1.61. The van der Waals surface area contributed by atoms with Crippen LogP contribution in [0.25, 0.3) is 0 Å². The van der Waals surface area contributed by atoms with E-state index in [-0.39, 0.29) is 5.82 Å². The summed E-state index contributed by atoms with van der Waals surface area (Å²) in [6.07, 6.45) is 7.54. The topological polar surface area (TPSA) is 3.24 Å². The van der Waals surface area contributed by atoms with E-state index in [1.807, 2.05) is 12.1 Å². The number of hydrogen-bond donors (Lipinski definition) is 0. The van der Waals surface area contributed by atoms with E-state index >= 15 is 0 Å². The lowest BCUT2D eigenvalue weighted by molar-refractivity contribution is 0.181. The summed E-state index contributed by atoms with van der Waals surface area (Å²) in [7, 11) is 0. The molecule has 0 spiro atoms. The monoisotopic (exact) mass is 247 g/mol. The maximum absolute atomic E-state index is 13.8. The van der Waals surface area contributed by atoms with Gasteiger partial charge >= 0.3 is 0 Å². The molecule has 1 aromatic carbocycles. The molecule has 0 bridgehead atoms. The molecule has 0 radical (unpaired) electrons. The summed E-state index contributed by atoms with van der Waals surface area (Å²) < 4.78 is 13.8. The molecule has 2 heteroatoms. The number of hydrogen-bond acceptors (Lipinski definition) is 1. The number of benzene rings is 1. The van der Waals surface area contributed by atoms with Gasteiger partial charge in [-0.3, -0.25) is 0 Å². The third-order valence-corrected chi connectivity index (χ3v) is 4.70. The number of likely N-dealkylation sites (tertiary alicyclic amines) is 1. The van der Waals surface area contributed by atoms with Crippen molar-refractivity contribution in [2.24, 2.45) is 0 Å². The molecule has 2 aliphatic rings. The summed E-state index contributed by atoms with van der Waals surface area (Å²) in [5.74, 6) is 0.437. The maximum atomic E-state index is 13.8. The molecule has 3 rings (SSSR count). The summed E-state index contributed by atoms with van der Waals surface area (Å²) in [6, 6.07) is 8.09. The Bertz CT molecular complexity index is 390. The highest BCUT2D eigenvalue weighted by molar-refractivity contribution is 5.22. The van der Waals surface area contributed by atoms with Crippen LogP contribution in [0.1, 0.15) is 50.0 Å². The van der Waals surface area contributed by atoms with Crippen LogP contribution in [-0.4, -0.2) is 24.0 Å². The molecule has 0 amide bonds. The fourth-order valence-corrected chi connectivity index (χ4v) is 3.66. The van der Waals surface area contributed by atoms with Crippen molar-refractivity contribution < 1.29 is 4.39 Å².